The van der Waals surface area contributed by atoms with Gasteiger partial charge in [-0.05, 0) is 74.6 Å². The van der Waals surface area contributed by atoms with Crippen molar-refractivity contribution >= 4 is 50.7 Å². The van der Waals surface area contributed by atoms with Gasteiger partial charge in [-0.2, -0.15) is 0 Å². The number of benzene rings is 3. The van der Waals surface area contributed by atoms with Crippen molar-refractivity contribution in [2.75, 3.05) is 10.8 Å². The molecule has 0 aromatic heterocycles. The fraction of sp³-hybridized carbons (Fsp3) is 0.394. The summed E-state index contributed by atoms with van der Waals surface area (Å²) in [6.45, 7) is 7.02. The number of carbonyl (C=O) groups is 2. The second kappa shape index (κ2) is 14.1. The molecule has 0 spiro atoms. The van der Waals surface area contributed by atoms with Gasteiger partial charge in [0.25, 0.3) is 10.0 Å². The SMILES string of the molecule is Cc1ccc(S(=O)(=O)N(CC(=O)N(Cc2c(Cl)cccc2Cl)C(C)C(=O)NC2CCCC2)c2ccc(C(C)C)cc2)cc1. The van der Waals surface area contributed by atoms with E-state index in [9.17, 15) is 18.0 Å². The summed E-state index contributed by atoms with van der Waals surface area (Å²) in [5.41, 5.74) is 2.77. The van der Waals surface area contributed by atoms with E-state index in [1.54, 1.807) is 49.4 Å². The molecule has 0 radical (unpaired) electrons. The van der Waals surface area contributed by atoms with E-state index in [-0.39, 0.29) is 29.3 Å². The zero-order valence-corrected chi connectivity index (χ0v) is 27.3. The largest absolute Gasteiger partial charge is 0.352 e. The standard InChI is InChI=1S/C33H39Cl2N3O4S/c1-22(2)25-14-16-27(17-15-25)38(43(41,42)28-18-12-23(3)13-19-28)21-32(39)37(20-29-30(34)10-7-11-31(29)35)24(4)33(40)36-26-8-5-6-9-26/h7,10-19,22,24,26H,5-6,8-9,20-21H2,1-4H3,(H,36,40). The van der Waals surface area contributed by atoms with Crippen molar-refractivity contribution in [2.45, 2.75) is 82.8 Å². The smallest absolute Gasteiger partial charge is 0.264 e. The first kappa shape index (κ1) is 32.8. The fourth-order valence-electron chi connectivity index (χ4n) is 5.22. The van der Waals surface area contributed by atoms with E-state index in [0.717, 1.165) is 41.1 Å². The molecule has 1 saturated carbocycles. The lowest BCUT2D eigenvalue weighted by Gasteiger charge is -2.33. The van der Waals surface area contributed by atoms with Crippen molar-refractivity contribution < 1.29 is 18.0 Å². The molecule has 0 saturated heterocycles. The van der Waals surface area contributed by atoms with Crippen LogP contribution in [-0.4, -0.2) is 43.8 Å². The Morgan fingerprint density at radius 3 is 2.05 bits per heavy atom. The molecule has 10 heteroatoms. The number of amides is 2. The Bertz CT molecular complexity index is 1520. The van der Waals surface area contributed by atoms with Gasteiger partial charge < -0.3 is 10.2 Å². The Morgan fingerprint density at radius 1 is 0.907 bits per heavy atom. The number of aryl methyl sites for hydroxylation is 1. The molecule has 1 aliphatic rings. The Labute approximate surface area is 265 Å². The third kappa shape index (κ3) is 7.91. The van der Waals surface area contributed by atoms with Crippen LogP contribution >= 0.6 is 23.2 Å². The topological polar surface area (TPSA) is 86.8 Å². The molecule has 4 rings (SSSR count). The maximum absolute atomic E-state index is 14.2. The van der Waals surface area contributed by atoms with E-state index in [2.05, 4.69) is 19.2 Å². The fourth-order valence-corrected chi connectivity index (χ4v) is 7.15. The number of nitrogens with zero attached hydrogens (tertiary/aromatic N) is 2. The van der Waals surface area contributed by atoms with Crippen LogP contribution in [0.2, 0.25) is 10.0 Å². The molecule has 1 fully saturated rings. The Hall–Kier alpha value is -3.07. The van der Waals surface area contributed by atoms with E-state index in [1.165, 1.54) is 17.0 Å². The first-order valence-corrected chi connectivity index (χ1v) is 16.8. The summed E-state index contributed by atoms with van der Waals surface area (Å²) in [7, 11) is -4.15. The summed E-state index contributed by atoms with van der Waals surface area (Å²) >= 11 is 13.0. The molecule has 7 nitrogen and oxygen atoms in total. The van der Waals surface area contributed by atoms with Crippen molar-refractivity contribution in [1.29, 1.82) is 0 Å². The third-order valence-corrected chi connectivity index (χ3v) is 10.5. The quantitative estimate of drug-likeness (QED) is 0.241. The molecule has 3 aromatic rings. The van der Waals surface area contributed by atoms with Gasteiger partial charge in [0.15, 0.2) is 0 Å². The van der Waals surface area contributed by atoms with Crippen LogP contribution in [0.4, 0.5) is 5.69 Å². The summed E-state index contributed by atoms with van der Waals surface area (Å²) in [6, 6.07) is 17.8. The molecular formula is C33H39Cl2N3O4S. The van der Waals surface area contributed by atoms with E-state index in [4.69, 9.17) is 23.2 Å². The highest BCUT2D eigenvalue weighted by molar-refractivity contribution is 7.92. The Morgan fingerprint density at radius 2 is 1.49 bits per heavy atom. The Kier molecular flexibility index (Phi) is 10.8. The molecule has 1 atom stereocenters. The highest BCUT2D eigenvalue weighted by Gasteiger charge is 2.34. The van der Waals surface area contributed by atoms with Crippen LogP contribution in [0, 0.1) is 6.92 Å². The second-order valence-electron chi connectivity index (χ2n) is 11.5. The van der Waals surface area contributed by atoms with Crippen molar-refractivity contribution in [1.82, 2.24) is 10.2 Å². The monoisotopic (exact) mass is 643 g/mol. The lowest BCUT2D eigenvalue weighted by atomic mass is 10.0. The van der Waals surface area contributed by atoms with Crippen LogP contribution in [-0.2, 0) is 26.2 Å². The van der Waals surface area contributed by atoms with E-state index >= 15 is 0 Å². The predicted octanol–water partition coefficient (Wildman–Crippen LogP) is 7.10. The van der Waals surface area contributed by atoms with E-state index < -0.39 is 28.5 Å². The van der Waals surface area contributed by atoms with Gasteiger partial charge in [-0.15, -0.1) is 0 Å². The molecule has 1 N–H and O–H groups in total. The lowest BCUT2D eigenvalue weighted by Crippen LogP contribution is -2.52. The highest BCUT2D eigenvalue weighted by Crippen LogP contribution is 2.29. The lowest BCUT2D eigenvalue weighted by molar-refractivity contribution is -0.139. The van der Waals surface area contributed by atoms with Crippen LogP contribution in [0.5, 0.6) is 0 Å². The molecule has 43 heavy (non-hydrogen) atoms. The van der Waals surface area contributed by atoms with E-state index in [0.29, 0.717) is 21.3 Å². The number of anilines is 1. The summed E-state index contributed by atoms with van der Waals surface area (Å²) in [4.78, 5) is 29.0. The number of rotatable bonds is 11. The average Bonchev–Trinajstić information content (AvgIpc) is 3.48. The zero-order valence-electron chi connectivity index (χ0n) is 25.0. The van der Waals surface area contributed by atoms with Gasteiger partial charge in [-0.3, -0.25) is 13.9 Å². The van der Waals surface area contributed by atoms with Crippen LogP contribution in [0.3, 0.4) is 0 Å². The predicted molar refractivity (Wildman–Crippen MR) is 173 cm³/mol. The van der Waals surface area contributed by atoms with Crippen molar-refractivity contribution in [3.8, 4) is 0 Å². The summed E-state index contributed by atoms with van der Waals surface area (Å²) < 4.78 is 29.2. The maximum atomic E-state index is 14.2. The second-order valence-corrected chi connectivity index (χ2v) is 14.1. The van der Waals surface area contributed by atoms with Crippen LogP contribution in [0.15, 0.2) is 71.6 Å². The molecule has 230 valence electrons. The Balaban J connectivity index is 1.73. The first-order chi connectivity index (χ1) is 20.4. The number of hydrogen-bond acceptors (Lipinski definition) is 4. The van der Waals surface area contributed by atoms with Crippen LogP contribution in [0.1, 0.15) is 69.1 Å². The van der Waals surface area contributed by atoms with Crippen molar-refractivity contribution in [3.05, 3.63) is 93.5 Å². The maximum Gasteiger partial charge on any atom is 0.264 e. The number of hydrogen-bond donors (Lipinski definition) is 1. The van der Waals surface area contributed by atoms with Crippen molar-refractivity contribution in [2.24, 2.45) is 0 Å². The number of halogens is 2. The first-order valence-electron chi connectivity index (χ1n) is 14.6. The third-order valence-electron chi connectivity index (χ3n) is 7.99. The van der Waals surface area contributed by atoms with Gasteiger partial charge in [-0.25, -0.2) is 8.42 Å². The molecule has 1 aliphatic carbocycles. The van der Waals surface area contributed by atoms with Gasteiger partial charge in [0.05, 0.1) is 10.6 Å². The average molecular weight is 645 g/mol. The summed E-state index contributed by atoms with van der Waals surface area (Å²) in [6.07, 6.45) is 3.85. The highest BCUT2D eigenvalue weighted by atomic mass is 35.5. The zero-order chi connectivity index (χ0) is 31.3. The molecule has 0 heterocycles. The van der Waals surface area contributed by atoms with Gasteiger partial charge in [0.1, 0.15) is 12.6 Å². The normalized spacial score (nSPS) is 14.5. The molecule has 0 aliphatic heterocycles. The van der Waals surface area contributed by atoms with Crippen LogP contribution < -0.4 is 9.62 Å². The molecule has 2 amide bonds. The van der Waals surface area contributed by atoms with Crippen LogP contribution in [0.25, 0.3) is 0 Å². The molecule has 3 aromatic carbocycles. The minimum atomic E-state index is -4.15. The van der Waals surface area contributed by atoms with E-state index in [1.807, 2.05) is 19.1 Å². The number of nitrogens with one attached hydrogen (secondary N) is 1. The number of sulfonamides is 1. The molecule has 1 unspecified atom stereocenters. The van der Waals surface area contributed by atoms with Crippen molar-refractivity contribution in [3.63, 3.8) is 0 Å². The minimum absolute atomic E-state index is 0.0497. The van der Waals surface area contributed by atoms with Gasteiger partial charge in [0.2, 0.25) is 11.8 Å². The summed E-state index contributed by atoms with van der Waals surface area (Å²) in [5, 5.41) is 3.76. The van der Waals surface area contributed by atoms with Gasteiger partial charge >= 0.3 is 0 Å². The molecule has 0 bridgehead atoms. The summed E-state index contributed by atoms with van der Waals surface area (Å²) in [5.74, 6) is -0.626. The minimum Gasteiger partial charge on any atom is -0.352 e. The van der Waals surface area contributed by atoms with Gasteiger partial charge in [0, 0.05) is 28.2 Å². The van der Waals surface area contributed by atoms with Gasteiger partial charge in [-0.1, -0.05) is 85.8 Å². The molecular weight excluding hydrogens is 605 g/mol. The number of carbonyl (C=O) groups excluding carboxylic acids is 2.